The monoisotopic (exact) mass is 271 g/mol. The molecule has 1 atom stereocenters. The van der Waals surface area contributed by atoms with Gasteiger partial charge in [0.2, 0.25) is 0 Å². The molecule has 4 nitrogen and oxygen atoms in total. The van der Waals surface area contributed by atoms with Crippen LogP contribution >= 0.6 is 0 Å². The van der Waals surface area contributed by atoms with Crippen LogP contribution in [0, 0.1) is 17.8 Å². The van der Waals surface area contributed by atoms with Crippen molar-refractivity contribution in [3.8, 4) is 11.8 Å². The van der Waals surface area contributed by atoms with Gasteiger partial charge in [-0.15, -0.1) is 0 Å². The Kier molecular flexibility index (Phi) is 5.16. The van der Waals surface area contributed by atoms with Gasteiger partial charge in [-0.2, -0.15) is 0 Å². The van der Waals surface area contributed by atoms with Gasteiger partial charge in [0.25, 0.3) is 5.91 Å². The number of nitrogens with two attached hydrogens (primary N) is 1. The van der Waals surface area contributed by atoms with Gasteiger partial charge < -0.3 is 16.0 Å². The Labute approximate surface area is 120 Å². The Hall–Kier alpha value is -1.83. The third-order valence-corrected chi connectivity index (χ3v) is 3.54. The fourth-order valence-corrected chi connectivity index (χ4v) is 2.46. The number of nitrogens with zero attached hydrogens (tertiary/aromatic N) is 1. The van der Waals surface area contributed by atoms with E-state index >= 15 is 0 Å². The fourth-order valence-electron chi connectivity index (χ4n) is 2.46. The Morgan fingerprint density at radius 1 is 1.50 bits per heavy atom. The lowest BCUT2D eigenvalue weighted by molar-refractivity contribution is 0.0947. The second kappa shape index (κ2) is 7.09. The number of likely N-dealkylation sites (tertiary alicyclic amines) is 1. The van der Waals surface area contributed by atoms with Crippen LogP contribution in [0.1, 0.15) is 22.3 Å². The van der Waals surface area contributed by atoms with E-state index in [9.17, 15) is 4.79 Å². The average Bonchev–Trinajstić information content (AvgIpc) is 2.88. The van der Waals surface area contributed by atoms with E-state index in [1.54, 1.807) is 6.07 Å². The quantitative estimate of drug-likeness (QED) is 0.795. The van der Waals surface area contributed by atoms with Crippen LogP contribution in [0.15, 0.2) is 24.3 Å². The molecule has 0 spiro atoms. The van der Waals surface area contributed by atoms with Crippen molar-refractivity contribution in [2.75, 3.05) is 33.2 Å². The molecule has 0 aliphatic carbocycles. The molecule has 1 saturated heterocycles. The van der Waals surface area contributed by atoms with Crippen LogP contribution in [0.5, 0.6) is 0 Å². The van der Waals surface area contributed by atoms with Crippen LogP contribution in [-0.4, -0.2) is 44.0 Å². The van der Waals surface area contributed by atoms with Crippen molar-refractivity contribution in [3.05, 3.63) is 35.4 Å². The first kappa shape index (κ1) is 14.6. The number of carbonyl (C=O) groups excluding carboxylic acids is 1. The number of carbonyl (C=O) groups is 1. The van der Waals surface area contributed by atoms with E-state index in [-0.39, 0.29) is 5.91 Å². The predicted octanol–water partition coefficient (Wildman–Crippen LogP) is 0.678. The number of hydrogen-bond acceptors (Lipinski definition) is 3. The van der Waals surface area contributed by atoms with Crippen molar-refractivity contribution < 1.29 is 4.79 Å². The lowest BCUT2D eigenvalue weighted by Crippen LogP contribution is -2.30. The molecule has 4 heteroatoms. The molecule has 20 heavy (non-hydrogen) atoms. The van der Waals surface area contributed by atoms with Crippen LogP contribution in [0.25, 0.3) is 0 Å². The minimum absolute atomic E-state index is 0.0542. The molecule has 0 saturated carbocycles. The molecule has 106 valence electrons. The average molecular weight is 271 g/mol. The summed E-state index contributed by atoms with van der Waals surface area (Å²) < 4.78 is 0. The van der Waals surface area contributed by atoms with Crippen molar-refractivity contribution in [1.82, 2.24) is 10.2 Å². The van der Waals surface area contributed by atoms with Crippen LogP contribution < -0.4 is 11.1 Å². The molecular formula is C16H21N3O. The highest BCUT2D eigenvalue weighted by atomic mass is 16.1. The lowest BCUT2D eigenvalue weighted by Gasteiger charge is -2.12. The number of rotatable bonds is 3. The molecule has 1 amide bonds. The molecule has 3 N–H and O–H groups in total. The summed E-state index contributed by atoms with van der Waals surface area (Å²) in [6, 6.07) is 7.38. The molecule has 1 aromatic carbocycles. The highest BCUT2D eigenvalue weighted by Crippen LogP contribution is 2.13. The van der Waals surface area contributed by atoms with E-state index < -0.39 is 0 Å². The summed E-state index contributed by atoms with van der Waals surface area (Å²) in [5.74, 6) is 6.23. The summed E-state index contributed by atoms with van der Waals surface area (Å²) in [5, 5.41) is 3.01. The van der Waals surface area contributed by atoms with E-state index in [4.69, 9.17) is 5.73 Å². The SMILES string of the molecule is CN1CCC(CNC(=O)c2ccccc2C#CCN)C1. The smallest absolute Gasteiger partial charge is 0.252 e. The molecule has 0 radical (unpaired) electrons. The summed E-state index contributed by atoms with van der Waals surface area (Å²) in [5.41, 5.74) is 6.74. The highest BCUT2D eigenvalue weighted by molar-refractivity contribution is 5.96. The van der Waals surface area contributed by atoms with Crippen molar-refractivity contribution in [3.63, 3.8) is 0 Å². The summed E-state index contributed by atoms with van der Waals surface area (Å²) in [6.45, 7) is 3.18. The van der Waals surface area contributed by atoms with E-state index in [1.807, 2.05) is 18.2 Å². The van der Waals surface area contributed by atoms with Gasteiger partial charge in [0.1, 0.15) is 0 Å². The number of nitrogens with one attached hydrogen (secondary N) is 1. The molecule has 2 rings (SSSR count). The van der Waals surface area contributed by atoms with Crippen molar-refractivity contribution >= 4 is 5.91 Å². The third-order valence-electron chi connectivity index (χ3n) is 3.54. The van der Waals surface area contributed by atoms with Gasteiger partial charge in [-0.1, -0.05) is 24.0 Å². The maximum atomic E-state index is 12.2. The third kappa shape index (κ3) is 3.83. The first-order valence-corrected chi connectivity index (χ1v) is 6.95. The summed E-state index contributed by atoms with van der Waals surface area (Å²) in [4.78, 5) is 14.5. The minimum Gasteiger partial charge on any atom is -0.352 e. The normalized spacial score (nSPS) is 18.4. The largest absolute Gasteiger partial charge is 0.352 e. The van der Waals surface area contributed by atoms with Crippen LogP contribution in [-0.2, 0) is 0 Å². The number of hydrogen-bond donors (Lipinski definition) is 2. The van der Waals surface area contributed by atoms with Crippen molar-refractivity contribution in [1.29, 1.82) is 0 Å². The van der Waals surface area contributed by atoms with Gasteiger partial charge >= 0.3 is 0 Å². The van der Waals surface area contributed by atoms with E-state index in [2.05, 4.69) is 29.1 Å². The fraction of sp³-hybridized carbons (Fsp3) is 0.438. The predicted molar refractivity (Wildman–Crippen MR) is 80.3 cm³/mol. The zero-order chi connectivity index (χ0) is 14.4. The standard InChI is InChI=1S/C16H21N3O/c1-19-10-8-13(12-19)11-18-16(20)15-7-3-2-5-14(15)6-4-9-17/h2-3,5,7,13H,8-12,17H2,1H3,(H,18,20). The van der Waals surface area contributed by atoms with Crippen LogP contribution in [0.2, 0.25) is 0 Å². The Balaban J connectivity index is 1.98. The van der Waals surface area contributed by atoms with Gasteiger partial charge in [0, 0.05) is 18.7 Å². The summed E-state index contributed by atoms with van der Waals surface area (Å²) >= 11 is 0. The summed E-state index contributed by atoms with van der Waals surface area (Å²) in [6.07, 6.45) is 1.14. The second-order valence-electron chi connectivity index (χ2n) is 5.18. The Morgan fingerprint density at radius 3 is 3.00 bits per heavy atom. The van der Waals surface area contributed by atoms with E-state index in [1.165, 1.54) is 0 Å². The van der Waals surface area contributed by atoms with Gasteiger partial charge in [-0.05, 0) is 38.1 Å². The molecule has 1 heterocycles. The van der Waals surface area contributed by atoms with Gasteiger partial charge in [-0.25, -0.2) is 0 Å². The summed E-state index contributed by atoms with van der Waals surface area (Å²) in [7, 11) is 2.11. The van der Waals surface area contributed by atoms with Crippen LogP contribution in [0.3, 0.4) is 0 Å². The molecule has 1 aliphatic heterocycles. The Morgan fingerprint density at radius 2 is 2.30 bits per heavy atom. The zero-order valence-electron chi connectivity index (χ0n) is 11.9. The first-order chi connectivity index (χ1) is 9.70. The van der Waals surface area contributed by atoms with Crippen LogP contribution in [0.4, 0.5) is 0 Å². The maximum Gasteiger partial charge on any atom is 0.252 e. The maximum absolute atomic E-state index is 12.2. The topological polar surface area (TPSA) is 58.4 Å². The highest BCUT2D eigenvalue weighted by Gasteiger charge is 2.20. The van der Waals surface area contributed by atoms with Gasteiger partial charge in [-0.3, -0.25) is 4.79 Å². The molecule has 1 aromatic rings. The van der Waals surface area contributed by atoms with Crippen molar-refractivity contribution in [2.24, 2.45) is 11.7 Å². The molecular weight excluding hydrogens is 250 g/mol. The second-order valence-corrected chi connectivity index (χ2v) is 5.18. The minimum atomic E-state index is -0.0542. The molecule has 0 bridgehead atoms. The van der Waals surface area contributed by atoms with Gasteiger partial charge in [0.15, 0.2) is 0 Å². The first-order valence-electron chi connectivity index (χ1n) is 6.95. The Bertz CT molecular complexity index is 530. The molecule has 1 unspecified atom stereocenters. The molecule has 0 aromatic heterocycles. The number of amides is 1. The number of benzene rings is 1. The van der Waals surface area contributed by atoms with Crippen molar-refractivity contribution in [2.45, 2.75) is 6.42 Å². The lowest BCUT2D eigenvalue weighted by atomic mass is 10.1. The van der Waals surface area contributed by atoms with E-state index in [0.29, 0.717) is 18.0 Å². The van der Waals surface area contributed by atoms with Gasteiger partial charge in [0.05, 0.1) is 12.1 Å². The molecule has 1 aliphatic rings. The molecule has 1 fully saturated rings. The zero-order valence-corrected chi connectivity index (χ0v) is 11.9. The van der Waals surface area contributed by atoms with E-state index in [0.717, 1.165) is 31.6 Å².